The number of nitrogens with one attached hydrogen (secondary N) is 2. The van der Waals surface area contributed by atoms with Gasteiger partial charge in [0, 0.05) is 28.8 Å². The van der Waals surface area contributed by atoms with Crippen LogP contribution >= 0.6 is 11.6 Å². The molecule has 0 aliphatic heterocycles. The second-order valence-corrected chi connectivity index (χ2v) is 11.7. The Balaban J connectivity index is 1.93. The number of rotatable bonds is 6. The van der Waals surface area contributed by atoms with E-state index in [1.54, 1.807) is 47.3 Å². The average molecular weight is 528 g/mol. The van der Waals surface area contributed by atoms with E-state index < -0.39 is 6.02 Å². The number of halogens is 1. The van der Waals surface area contributed by atoms with Crippen molar-refractivity contribution in [3.63, 3.8) is 0 Å². The summed E-state index contributed by atoms with van der Waals surface area (Å²) in [6.07, 6.45) is 3.20. The second kappa shape index (κ2) is 10.3. The fourth-order valence-corrected chi connectivity index (χ4v) is 4.10. The number of fused-ring (bicyclic) bond motifs is 1. The van der Waals surface area contributed by atoms with Crippen molar-refractivity contribution in [2.75, 3.05) is 17.2 Å². The lowest BCUT2D eigenvalue weighted by molar-refractivity contribution is 0.347. The average Bonchev–Trinajstić information content (AvgIpc) is 3.38. The van der Waals surface area contributed by atoms with Gasteiger partial charge in [0.25, 0.3) is 0 Å². The van der Waals surface area contributed by atoms with Crippen LogP contribution in [0.15, 0.2) is 48.8 Å². The first-order chi connectivity index (χ1) is 18.3. The van der Waals surface area contributed by atoms with Crippen LogP contribution in [-0.2, 0) is 5.54 Å². The highest BCUT2D eigenvalue weighted by Crippen LogP contribution is 2.35. The first-order valence-electron chi connectivity index (χ1n) is 12.7. The fraction of sp³-hybridized carbons (Fsp3) is 0.345. The lowest BCUT2D eigenvalue weighted by Crippen LogP contribution is -2.22. The van der Waals surface area contributed by atoms with Crippen molar-refractivity contribution < 1.29 is 1.37 Å². The molecule has 0 amide bonds. The van der Waals surface area contributed by atoms with Gasteiger partial charge in [-0.15, -0.1) is 5.10 Å². The van der Waals surface area contributed by atoms with E-state index in [0.29, 0.717) is 56.2 Å². The van der Waals surface area contributed by atoms with Crippen LogP contribution in [-0.4, -0.2) is 26.5 Å². The molecule has 9 heteroatoms. The quantitative estimate of drug-likeness (QED) is 0.289. The SMILES string of the molecule is [2H][C@@](Nc1cc(C#N)c2ncc(C#N)c(NCC(C)(C)C)c2c1)(c1cn(C(C)(C)C)nn1)c1ccccc1Cl. The largest absolute Gasteiger partial charge is 0.383 e. The minimum Gasteiger partial charge on any atom is -0.383 e. The molecule has 1 atom stereocenters. The van der Waals surface area contributed by atoms with E-state index in [2.05, 4.69) is 58.8 Å². The van der Waals surface area contributed by atoms with E-state index in [-0.39, 0.29) is 11.0 Å². The molecule has 2 heterocycles. The molecule has 0 saturated carbocycles. The van der Waals surface area contributed by atoms with E-state index in [0.717, 1.165) is 0 Å². The summed E-state index contributed by atoms with van der Waals surface area (Å²) >= 11 is 6.60. The van der Waals surface area contributed by atoms with Crippen molar-refractivity contribution in [2.45, 2.75) is 53.1 Å². The predicted molar refractivity (Wildman–Crippen MR) is 151 cm³/mol. The van der Waals surface area contributed by atoms with Crippen LogP contribution in [0.2, 0.25) is 5.02 Å². The summed E-state index contributed by atoms with van der Waals surface area (Å²) in [5.74, 6) is 0. The molecule has 2 N–H and O–H groups in total. The number of anilines is 2. The van der Waals surface area contributed by atoms with Crippen LogP contribution in [0.1, 0.15) is 71.3 Å². The Morgan fingerprint density at radius 3 is 2.39 bits per heavy atom. The lowest BCUT2D eigenvalue weighted by atomic mass is 9.96. The third kappa shape index (κ3) is 5.72. The fourth-order valence-electron chi connectivity index (χ4n) is 3.87. The highest BCUT2D eigenvalue weighted by molar-refractivity contribution is 6.31. The van der Waals surface area contributed by atoms with Gasteiger partial charge in [-0.1, -0.05) is 55.8 Å². The summed E-state index contributed by atoms with van der Waals surface area (Å²) in [4.78, 5) is 4.42. The topological polar surface area (TPSA) is 115 Å². The van der Waals surface area contributed by atoms with E-state index in [1.165, 1.54) is 6.20 Å². The van der Waals surface area contributed by atoms with Crippen molar-refractivity contribution in [1.82, 2.24) is 20.0 Å². The molecule has 0 aliphatic rings. The standard InChI is InChI=1S/C29H31ClN8/c1-28(2,3)17-34-26-19(14-32)15-33-25-18(13-31)11-20(12-22(25)26)35-27(21-9-7-8-10-23(21)30)24-16-38(37-36-24)29(4,5)6/h7-12,15-16,27,35H,17H2,1-6H3,(H,33,34)/t27-/m0/s1/i27D. The van der Waals surface area contributed by atoms with Crippen LogP contribution in [0.4, 0.5) is 11.4 Å². The van der Waals surface area contributed by atoms with E-state index >= 15 is 0 Å². The van der Waals surface area contributed by atoms with Crippen LogP contribution in [0.5, 0.6) is 0 Å². The zero-order valence-corrected chi connectivity index (χ0v) is 23.1. The van der Waals surface area contributed by atoms with Crippen molar-refractivity contribution in [3.05, 3.63) is 76.2 Å². The molecule has 194 valence electrons. The first kappa shape index (κ1) is 25.5. The summed E-state index contributed by atoms with van der Waals surface area (Å²) in [5, 5.41) is 36.1. The maximum absolute atomic E-state index is 10.0. The van der Waals surface area contributed by atoms with Crippen molar-refractivity contribution in [1.29, 1.82) is 10.5 Å². The van der Waals surface area contributed by atoms with E-state index in [4.69, 9.17) is 11.6 Å². The summed E-state index contributed by atoms with van der Waals surface area (Å²) in [5.41, 5.74) is 2.58. The Morgan fingerprint density at radius 2 is 1.79 bits per heavy atom. The number of pyridine rings is 1. The molecule has 2 aromatic carbocycles. The van der Waals surface area contributed by atoms with E-state index in [9.17, 15) is 11.9 Å². The maximum Gasteiger partial charge on any atom is 0.110 e. The van der Waals surface area contributed by atoms with Crippen molar-refractivity contribution in [3.8, 4) is 12.1 Å². The van der Waals surface area contributed by atoms with Gasteiger partial charge in [0.05, 0.1) is 41.5 Å². The minimum absolute atomic E-state index is 0.0600. The lowest BCUT2D eigenvalue weighted by Gasteiger charge is -2.23. The highest BCUT2D eigenvalue weighted by atomic mass is 35.5. The van der Waals surface area contributed by atoms with Gasteiger partial charge in [-0.05, 0) is 49.9 Å². The number of aromatic nitrogens is 4. The molecule has 0 bridgehead atoms. The van der Waals surface area contributed by atoms with Gasteiger partial charge in [0.2, 0.25) is 0 Å². The molecule has 4 rings (SSSR count). The van der Waals surface area contributed by atoms with Crippen LogP contribution in [0.3, 0.4) is 0 Å². The van der Waals surface area contributed by atoms with E-state index in [1.807, 2.05) is 20.8 Å². The maximum atomic E-state index is 10.0. The molecule has 0 unspecified atom stereocenters. The molecule has 8 nitrogen and oxygen atoms in total. The molecular formula is C29H31ClN8. The summed E-state index contributed by atoms with van der Waals surface area (Å²) < 4.78 is 11.3. The Labute approximate surface area is 229 Å². The minimum atomic E-state index is -1.65. The molecular weight excluding hydrogens is 496 g/mol. The first-order valence-corrected chi connectivity index (χ1v) is 12.6. The number of hydrogen-bond acceptors (Lipinski definition) is 7. The molecule has 0 radical (unpaired) electrons. The number of nitriles is 2. The summed E-state index contributed by atoms with van der Waals surface area (Å²) in [6.45, 7) is 12.8. The predicted octanol–water partition coefficient (Wildman–Crippen LogP) is 6.64. The van der Waals surface area contributed by atoms with Crippen molar-refractivity contribution in [2.24, 2.45) is 5.41 Å². The molecule has 4 aromatic rings. The van der Waals surface area contributed by atoms with Crippen LogP contribution in [0, 0.1) is 28.1 Å². The molecule has 0 spiro atoms. The Bertz CT molecular complexity index is 1620. The zero-order chi connectivity index (χ0) is 28.6. The molecule has 2 aromatic heterocycles. The molecule has 0 fully saturated rings. The Hall–Kier alpha value is -4.14. The number of hydrogen-bond donors (Lipinski definition) is 2. The molecule has 0 aliphatic carbocycles. The monoisotopic (exact) mass is 527 g/mol. The van der Waals surface area contributed by atoms with Gasteiger partial charge in [0.1, 0.15) is 17.8 Å². The number of benzene rings is 2. The Kier molecular flexibility index (Phi) is 6.93. The summed E-state index contributed by atoms with van der Waals surface area (Å²) in [6, 6.07) is 13.3. The highest BCUT2D eigenvalue weighted by Gasteiger charge is 2.24. The van der Waals surface area contributed by atoms with Gasteiger partial charge < -0.3 is 10.6 Å². The van der Waals surface area contributed by atoms with Crippen LogP contribution < -0.4 is 10.6 Å². The third-order valence-corrected chi connectivity index (χ3v) is 6.19. The van der Waals surface area contributed by atoms with Crippen molar-refractivity contribution >= 4 is 33.9 Å². The van der Waals surface area contributed by atoms with Gasteiger partial charge >= 0.3 is 0 Å². The van der Waals surface area contributed by atoms with Gasteiger partial charge in [-0.2, -0.15) is 10.5 Å². The molecule has 0 saturated heterocycles. The zero-order valence-electron chi connectivity index (χ0n) is 23.4. The normalized spacial score (nSPS) is 13.8. The second-order valence-electron chi connectivity index (χ2n) is 11.3. The molecule has 38 heavy (non-hydrogen) atoms. The van der Waals surface area contributed by atoms with Gasteiger partial charge in [-0.25, -0.2) is 4.68 Å². The van der Waals surface area contributed by atoms with Gasteiger partial charge in [0.15, 0.2) is 0 Å². The summed E-state index contributed by atoms with van der Waals surface area (Å²) in [7, 11) is 0. The Morgan fingerprint density at radius 1 is 1.08 bits per heavy atom. The third-order valence-electron chi connectivity index (χ3n) is 5.86. The van der Waals surface area contributed by atoms with Gasteiger partial charge in [-0.3, -0.25) is 4.98 Å². The smallest absolute Gasteiger partial charge is 0.110 e. The number of nitrogens with zero attached hydrogens (tertiary/aromatic N) is 6. The van der Waals surface area contributed by atoms with Crippen LogP contribution in [0.25, 0.3) is 10.9 Å².